The van der Waals surface area contributed by atoms with Gasteiger partial charge in [-0.2, -0.15) is 0 Å². The zero-order chi connectivity index (χ0) is 18.8. The van der Waals surface area contributed by atoms with Gasteiger partial charge in [0.1, 0.15) is 4.99 Å². The number of allylic oxidation sites excluding steroid dienone is 1. The van der Waals surface area contributed by atoms with Crippen molar-refractivity contribution in [2.24, 2.45) is 0 Å². The number of thiocarbonyl (C=S) groups is 1. The van der Waals surface area contributed by atoms with Crippen molar-refractivity contribution in [1.29, 1.82) is 0 Å². The fourth-order valence-corrected chi connectivity index (χ4v) is 3.84. The molecule has 1 unspecified atom stereocenters. The highest BCUT2D eigenvalue weighted by atomic mass is 32.1. The summed E-state index contributed by atoms with van der Waals surface area (Å²) < 4.78 is 0. The van der Waals surface area contributed by atoms with Gasteiger partial charge in [0.25, 0.3) is 0 Å². The van der Waals surface area contributed by atoms with Crippen molar-refractivity contribution < 1.29 is 4.79 Å². The fourth-order valence-electron chi connectivity index (χ4n) is 3.45. The van der Waals surface area contributed by atoms with Gasteiger partial charge in [-0.15, -0.1) is 0 Å². The lowest BCUT2D eigenvalue weighted by atomic mass is 9.91. The van der Waals surface area contributed by atoms with Crippen LogP contribution in [-0.4, -0.2) is 11.0 Å². The van der Waals surface area contributed by atoms with E-state index in [0.717, 1.165) is 33.3 Å². The third kappa shape index (κ3) is 3.41. The SMILES string of the molecule is CC1=C(C(=S)Nc2ccccc2)C(c2cccc3ccccc23)NC(=O)N1. The van der Waals surface area contributed by atoms with Gasteiger partial charge in [-0.05, 0) is 35.4 Å². The first kappa shape index (κ1) is 17.2. The molecule has 0 saturated carbocycles. The molecule has 1 heterocycles. The Balaban J connectivity index is 1.78. The Morgan fingerprint density at radius 1 is 0.963 bits per heavy atom. The number of hydrogen-bond donors (Lipinski definition) is 3. The second-order valence-corrected chi connectivity index (χ2v) is 6.87. The third-order valence-electron chi connectivity index (χ3n) is 4.68. The van der Waals surface area contributed by atoms with Crippen molar-refractivity contribution in [2.75, 3.05) is 5.32 Å². The molecule has 1 aliphatic heterocycles. The van der Waals surface area contributed by atoms with E-state index in [9.17, 15) is 4.79 Å². The summed E-state index contributed by atoms with van der Waals surface area (Å²) in [7, 11) is 0. The second kappa shape index (κ2) is 7.21. The summed E-state index contributed by atoms with van der Waals surface area (Å²) in [6, 6.07) is 23.5. The van der Waals surface area contributed by atoms with Crippen molar-refractivity contribution in [3.05, 3.63) is 89.6 Å². The van der Waals surface area contributed by atoms with Gasteiger partial charge < -0.3 is 16.0 Å². The maximum Gasteiger partial charge on any atom is 0.319 e. The van der Waals surface area contributed by atoms with Gasteiger partial charge in [0.15, 0.2) is 0 Å². The number of fused-ring (bicyclic) bond motifs is 1. The lowest BCUT2D eigenvalue weighted by Crippen LogP contribution is -2.45. The first-order valence-corrected chi connectivity index (χ1v) is 9.16. The molecule has 5 heteroatoms. The lowest BCUT2D eigenvalue weighted by molar-refractivity contribution is 0.239. The van der Waals surface area contributed by atoms with Crippen molar-refractivity contribution in [3.8, 4) is 0 Å². The number of nitrogens with one attached hydrogen (secondary N) is 3. The molecular weight excluding hydrogens is 354 g/mol. The van der Waals surface area contributed by atoms with Crippen LogP contribution in [0.3, 0.4) is 0 Å². The molecule has 0 fully saturated rings. The van der Waals surface area contributed by atoms with Gasteiger partial charge in [0.2, 0.25) is 0 Å². The van der Waals surface area contributed by atoms with Gasteiger partial charge in [0.05, 0.1) is 6.04 Å². The van der Waals surface area contributed by atoms with Gasteiger partial charge >= 0.3 is 6.03 Å². The van der Waals surface area contributed by atoms with Crippen LogP contribution in [0.5, 0.6) is 0 Å². The number of carbonyl (C=O) groups is 1. The molecule has 0 spiro atoms. The minimum atomic E-state index is -0.325. The molecule has 2 amide bonds. The molecule has 4 nitrogen and oxygen atoms in total. The number of para-hydroxylation sites is 1. The highest BCUT2D eigenvalue weighted by Crippen LogP contribution is 2.32. The average molecular weight is 373 g/mol. The summed E-state index contributed by atoms with van der Waals surface area (Å²) in [4.78, 5) is 12.8. The fraction of sp³-hybridized carbons (Fsp3) is 0.0909. The van der Waals surface area contributed by atoms with E-state index < -0.39 is 0 Å². The van der Waals surface area contributed by atoms with Crippen LogP contribution >= 0.6 is 12.2 Å². The molecular formula is C22H19N3OS. The van der Waals surface area contributed by atoms with Crippen LogP contribution < -0.4 is 16.0 Å². The Hall–Kier alpha value is -3.18. The third-order valence-corrected chi connectivity index (χ3v) is 5.00. The number of rotatable bonds is 3. The molecule has 134 valence electrons. The Bertz CT molecular complexity index is 1050. The Kier molecular flexibility index (Phi) is 4.60. The smallest absolute Gasteiger partial charge is 0.319 e. The number of urea groups is 1. The average Bonchev–Trinajstić information content (AvgIpc) is 2.67. The van der Waals surface area contributed by atoms with Crippen molar-refractivity contribution in [1.82, 2.24) is 10.6 Å². The van der Waals surface area contributed by atoms with Gasteiger partial charge in [-0.25, -0.2) is 4.79 Å². The molecule has 0 saturated heterocycles. The molecule has 0 bridgehead atoms. The lowest BCUT2D eigenvalue weighted by Gasteiger charge is -2.30. The topological polar surface area (TPSA) is 53.2 Å². The van der Waals surface area contributed by atoms with E-state index in [2.05, 4.69) is 34.1 Å². The number of hydrogen-bond acceptors (Lipinski definition) is 2. The molecule has 0 aliphatic carbocycles. The molecule has 1 aliphatic rings. The quantitative estimate of drug-likeness (QED) is 0.572. The Morgan fingerprint density at radius 3 is 2.48 bits per heavy atom. The van der Waals surface area contributed by atoms with Crippen LogP contribution in [0.1, 0.15) is 18.5 Å². The molecule has 1 atom stereocenters. The standard InChI is InChI=1S/C22H19N3OS/c1-14-19(21(27)24-16-10-3-2-4-11-16)20(25-22(26)23-14)18-13-7-9-15-8-5-6-12-17(15)18/h2-13,20H,1H3,(H,24,27)(H2,23,25,26). The number of anilines is 1. The van der Waals surface area contributed by atoms with Crippen LogP contribution in [-0.2, 0) is 0 Å². The van der Waals surface area contributed by atoms with Gasteiger partial charge in [-0.1, -0.05) is 72.9 Å². The maximum atomic E-state index is 12.2. The van der Waals surface area contributed by atoms with E-state index >= 15 is 0 Å². The summed E-state index contributed by atoms with van der Waals surface area (Å²) in [5.41, 5.74) is 3.56. The molecule has 0 radical (unpaired) electrons. The van der Waals surface area contributed by atoms with Crippen LogP contribution in [0.15, 0.2) is 84.1 Å². The molecule has 0 aromatic heterocycles. The molecule has 3 aromatic rings. The highest BCUT2D eigenvalue weighted by molar-refractivity contribution is 7.81. The monoisotopic (exact) mass is 373 g/mol. The molecule has 3 N–H and O–H groups in total. The predicted octanol–water partition coefficient (Wildman–Crippen LogP) is 4.91. The van der Waals surface area contributed by atoms with E-state index in [1.54, 1.807) is 0 Å². The number of amides is 2. The van der Waals surface area contributed by atoms with E-state index in [0.29, 0.717) is 4.99 Å². The zero-order valence-electron chi connectivity index (χ0n) is 14.8. The van der Waals surface area contributed by atoms with Crippen molar-refractivity contribution >= 4 is 39.7 Å². The molecule has 4 rings (SSSR count). The second-order valence-electron chi connectivity index (χ2n) is 6.46. The van der Waals surface area contributed by atoms with E-state index in [4.69, 9.17) is 12.2 Å². The first-order valence-electron chi connectivity index (χ1n) is 8.76. The van der Waals surface area contributed by atoms with E-state index in [-0.39, 0.29) is 12.1 Å². The van der Waals surface area contributed by atoms with Crippen LogP contribution in [0.25, 0.3) is 10.8 Å². The number of benzene rings is 3. The summed E-state index contributed by atoms with van der Waals surface area (Å²) in [5.74, 6) is 0. The van der Waals surface area contributed by atoms with Crippen molar-refractivity contribution in [3.63, 3.8) is 0 Å². The minimum absolute atomic E-state index is 0.225. The van der Waals surface area contributed by atoms with Crippen LogP contribution in [0.2, 0.25) is 0 Å². The van der Waals surface area contributed by atoms with Crippen LogP contribution in [0.4, 0.5) is 10.5 Å². The van der Waals surface area contributed by atoms with Gasteiger partial charge in [0, 0.05) is 17.0 Å². The summed E-state index contributed by atoms with van der Waals surface area (Å²) in [5, 5.41) is 11.4. The van der Waals surface area contributed by atoms with Gasteiger partial charge in [-0.3, -0.25) is 0 Å². The predicted molar refractivity (Wildman–Crippen MR) is 114 cm³/mol. The van der Waals surface area contributed by atoms with Crippen molar-refractivity contribution in [2.45, 2.75) is 13.0 Å². The summed E-state index contributed by atoms with van der Waals surface area (Å²) in [6.07, 6.45) is 0. The Morgan fingerprint density at radius 2 is 1.67 bits per heavy atom. The molecule has 3 aromatic carbocycles. The molecule has 27 heavy (non-hydrogen) atoms. The minimum Gasteiger partial charge on any atom is -0.346 e. The maximum absolute atomic E-state index is 12.2. The normalized spacial score (nSPS) is 16.6. The van der Waals surface area contributed by atoms with E-state index in [1.165, 1.54) is 0 Å². The Labute approximate surface area is 163 Å². The number of carbonyl (C=O) groups excluding carboxylic acids is 1. The highest BCUT2D eigenvalue weighted by Gasteiger charge is 2.30. The summed E-state index contributed by atoms with van der Waals surface area (Å²) >= 11 is 5.71. The summed E-state index contributed by atoms with van der Waals surface area (Å²) in [6.45, 7) is 1.88. The van der Waals surface area contributed by atoms with Crippen LogP contribution in [0, 0.1) is 0 Å². The first-order chi connectivity index (χ1) is 13.1. The zero-order valence-corrected chi connectivity index (χ0v) is 15.6. The largest absolute Gasteiger partial charge is 0.346 e. The van der Waals surface area contributed by atoms with E-state index in [1.807, 2.05) is 61.5 Å².